The van der Waals surface area contributed by atoms with Gasteiger partial charge in [0.1, 0.15) is 17.1 Å². The molecule has 0 saturated carbocycles. The van der Waals surface area contributed by atoms with E-state index in [9.17, 15) is 14.4 Å². The van der Waals surface area contributed by atoms with Crippen LogP contribution in [-0.4, -0.2) is 102 Å². The number of allylic oxidation sites excluding steroid dienone is 1. The normalized spacial score (nSPS) is 19.9. The van der Waals surface area contributed by atoms with Crippen molar-refractivity contribution < 1.29 is 23.8 Å². The van der Waals surface area contributed by atoms with Crippen molar-refractivity contribution in [2.75, 3.05) is 59.4 Å². The average molecular weight is 686 g/mol. The fourth-order valence-electron chi connectivity index (χ4n) is 6.15. The molecule has 5 rings (SSSR count). The highest BCUT2D eigenvalue weighted by molar-refractivity contribution is 6.41. The molecule has 2 aliphatic rings. The maximum absolute atomic E-state index is 14.5. The van der Waals surface area contributed by atoms with Gasteiger partial charge in [-0.1, -0.05) is 36.4 Å². The van der Waals surface area contributed by atoms with Gasteiger partial charge in [-0.15, -0.1) is 0 Å². The summed E-state index contributed by atoms with van der Waals surface area (Å²) >= 11 is 13.5. The summed E-state index contributed by atoms with van der Waals surface area (Å²) in [6.07, 6.45) is 4.98. The van der Waals surface area contributed by atoms with E-state index in [0.29, 0.717) is 43.8 Å². The third-order valence-electron chi connectivity index (χ3n) is 8.70. The van der Waals surface area contributed by atoms with Gasteiger partial charge >= 0.3 is 0 Å². The molecule has 2 aromatic heterocycles. The van der Waals surface area contributed by atoms with Crippen LogP contribution >= 0.6 is 23.2 Å². The SMILES string of the molecule is C=CC(=O)C[C@H]1COC[C@H]1Nc1ncc2cc(-c3c(Cl)c(OC)cc(OC)c3Cl)c(=O)n(CCC3CN(C)CCN3C(=O)C=C)c2n1. The Hall–Kier alpha value is -3.97. The number of anilines is 1. The molecule has 1 N–H and O–H groups in total. The van der Waals surface area contributed by atoms with Crippen molar-refractivity contribution in [1.29, 1.82) is 0 Å². The lowest BCUT2D eigenvalue weighted by Gasteiger charge is -2.39. The van der Waals surface area contributed by atoms with Crippen molar-refractivity contribution in [3.8, 4) is 22.6 Å². The Morgan fingerprint density at radius 2 is 1.83 bits per heavy atom. The van der Waals surface area contributed by atoms with Crippen molar-refractivity contribution >= 4 is 51.9 Å². The molecular formula is C33H38Cl2N6O6. The maximum Gasteiger partial charge on any atom is 0.260 e. The number of hydrogen-bond acceptors (Lipinski definition) is 10. The van der Waals surface area contributed by atoms with Gasteiger partial charge < -0.3 is 29.3 Å². The summed E-state index contributed by atoms with van der Waals surface area (Å²) in [4.78, 5) is 52.5. The molecule has 2 saturated heterocycles. The van der Waals surface area contributed by atoms with Crippen molar-refractivity contribution in [1.82, 2.24) is 24.3 Å². The quantitative estimate of drug-likeness (QED) is 0.279. The van der Waals surface area contributed by atoms with Gasteiger partial charge in [0.25, 0.3) is 5.56 Å². The zero-order valence-electron chi connectivity index (χ0n) is 26.6. The van der Waals surface area contributed by atoms with Gasteiger partial charge in [-0.25, -0.2) is 4.98 Å². The first-order valence-electron chi connectivity index (χ1n) is 15.2. The fraction of sp³-hybridized carbons (Fsp3) is 0.424. The highest BCUT2D eigenvalue weighted by Gasteiger charge is 2.31. The second-order valence-electron chi connectivity index (χ2n) is 11.6. The van der Waals surface area contributed by atoms with Crippen LogP contribution in [0.1, 0.15) is 12.8 Å². The van der Waals surface area contributed by atoms with Crippen LogP contribution in [0.2, 0.25) is 10.0 Å². The molecule has 1 aromatic carbocycles. The number of amides is 1. The third kappa shape index (κ3) is 7.15. The summed E-state index contributed by atoms with van der Waals surface area (Å²) in [6.45, 7) is 10.2. The Balaban J connectivity index is 1.61. The molecular weight excluding hydrogens is 647 g/mol. The number of likely N-dealkylation sites (N-methyl/N-ethyl adjacent to an activating group) is 1. The number of piperazine rings is 1. The Morgan fingerprint density at radius 3 is 2.49 bits per heavy atom. The van der Waals surface area contributed by atoms with Crippen molar-refractivity contribution in [3.05, 3.63) is 64.0 Å². The topological polar surface area (TPSA) is 128 Å². The number of hydrogen-bond donors (Lipinski definition) is 1. The molecule has 3 atom stereocenters. The Morgan fingerprint density at radius 1 is 1.11 bits per heavy atom. The highest BCUT2D eigenvalue weighted by atomic mass is 35.5. The first-order chi connectivity index (χ1) is 22.6. The number of nitrogens with one attached hydrogen (secondary N) is 1. The van der Waals surface area contributed by atoms with Gasteiger partial charge in [-0.2, -0.15) is 4.98 Å². The number of rotatable bonds is 12. The second-order valence-corrected chi connectivity index (χ2v) is 12.4. The minimum absolute atomic E-state index is 0.0723. The van der Waals surface area contributed by atoms with Crippen LogP contribution in [0.4, 0.5) is 5.95 Å². The van der Waals surface area contributed by atoms with Gasteiger partial charge in [0.2, 0.25) is 11.9 Å². The van der Waals surface area contributed by atoms with Gasteiger partial charge in [0.15, 0.2) is 5.78 Å². The predicted molar refractivity (Wildman–Crippen MR) is 182 cm³/mol. The monoisotopic (exact) mass is 684 g/mol. The molecule has 1 unspecified atom stereocenters. The molecule has 0 spiro atoms. The van der Waals surface area contributed by atoms with E-state index >= 15 is 0 Å². The van der Waals surface area contributed by atoms with Crippen LogP contribution < -0.4 is 20.3 Å². The van der Waals surface area contributed by atoms with Crippen molar-refractivity contribution in [2.45, 2.75) is 31.5 Å². The minimum Gasteiger partial charge on any atom is -0.495 e. The molecule has 12 nitrogen and oxygen atoms in total. The lowest BCUT2D eigenvalue weighted by molar-refractivity contribution is -0.130. The molecule has 14 heteroatoms. The zero-order chi connectivity index (χ0) is 33.8. The van der Waals surface area contributed by atoms with E-state index in [-0.39, 0.29) is 81.3 Å². The molecule has 2 aliphatic heterocycles. The van der Waals surface area contributed by atoms with E-state index in [1.165, 1.54) is 26.4 Å². The molecule has 47 heavy (non-hydrogen) atoms. The van der Waals surface area contributed by atoms with E-state index in [2.05, 4.69) is 28.4 Å². The smallest absolute Gasteiger partial charge is 0.260 e. The van der Waals surface area contributed by atoms with Crippen LogP contribution in [-0.2, 0) is 20.9 Å². The standard InChI is InChI=1S/C33H38Cl2N6O6/c1-6-22(42)12-20-17-47-18-24(20)37-33-36-15-19-13-23(28-29(34)25(45-4)14-26(46-5)30(28)35)32(44)41(31(19)38-33)9-8-21-16-39(3)10-11-40(21)27(43)7-2/h6-7,13-15,20-21,24H,1-2,8-12,16-18H2,3-5H3,(H,36,37,38)/t20-,21?,24+/m0/s1. The summed E-state index contributed by atoms with van der Waals surface area (Å²) in [5.74, 6) is 0.539. The molecule has 3 aromatic rings. The number of ether oxygens (including phenoxy) is 3. The largest absolute Gasteiger partial charge is 0.495 e. The number of nitrogens with zero attached hydrogens (tertiary/aromatic N) is 5. The van der Waals surface area contributed by atoms with Crippen molar-refractivity contribution in [3.63, 3.8) is 0 Å². The van der Waals surface area contributed by atoms with Gasteiger partial charge in [-0.05, 0) is 31.7 Å². The van der Waals surface area contributed by atoms with E-state index < -0.39 is 5.56 Å². The lowest BCUT2D eigenvalue weighted by atomic mass is 9.97. The maximum atomic E-state index is 14.5. The molecule has 1 amide bonds. The van der Waals surface area contributed by atoms with Crippen molar-refractivity contribution in [2.24, 2.45) is 5.92 Å². The second kappa shape index (κ2) is 14.8. The molecule has 0 aliphatic carbocycles. The predicted octanol–water partition coefficient (Wildman–Crippen LogP) is 4.07. The molecule has 4 heterocycles. The number of halogens is 2. The number of carbonyl (C=O) groups excluding carboxylic acids is 2. The van der Waals surface area contributed by atoms with Crippen LogP contribution in [0.15, 0.2) is 48.4 Å². The fourth-order valence-corrected chi connectivity index (χ4v) is 6.85. The Labute approximate surface area is 282 Å². The number of benzene rings is 1. The van der Waals surface area contributed by atoms with Crippen LogP contribution in [0.25, 0.3) is 22.2 Å². The lowest BCUT2D eigenvalue weighted by Crippen LogP contribution is -2.54. The summed E-state index contributed by atoms with van der Waals surface area (Å²) in [7, 11) is 4.92. The van der Waals surface area contributed by atoms with E-state index in [4.69, 9.17) is 42.4 Å². The Kier molecular flexibility index (Phi) is 10.9. The van der Waals surface area contributed by atoms with Crippen LogP contribution in [0.3, 0.4) is 0 Å². The van der Waals surface area contributed by atoms with E-state index in [1.807, 2.05) is 7.05 Å². The molecule has 2 fully saturated rings. The van der Waals surface area contributed by atoms with E-state index in [1.54, 1.807) is 27.8 Å². The summed E-state index contributed by atoms with van der Waals surface area (Å²) in [5, 5.41) is 4.16. The van der Waals surface area contributed by atoms with Gasteiger partial charge in [0, 0.05) is 67.8 Å². The van der Waals surface area contributed by atoms with E-state index in [0.717, 1.165) is 6.54 Å². The molecule has 0 bridgehead atoms. The van der Waals surface area contributed by atoms with Gasteiger partial charge in [0.05, 0.1) is 49.1 Å². The number of aromatic nitrogens is 3. The molecule has 0 radical (unpaired) electrons. The minimum atomic E-state index is -0.398. The van der Waals surface area contributed by atoms with Crippen LogP contribution in [0, 0.1) is 5.92 Å². The number of carbonyl (C=O) groups is 2. The third-order valence-corrected chi connectivity index (χ3v) is 9.45. The van der Waals surface area contributed by atoms with Crippen LogP contribution in [0.5, 0.6) is 11.5 Å². The first kappa shape index (κ1) is 34.4. The summed E-state index contributed by atoms with van der Waals surface area (Å²) < 4.78 is 18.1. The number of pyridine rings is 1. The summed E-state index contributed by atoms with van der Waals surface area (Å²) in [6, 6.07) is 2.82. The first-order valence-corrected chi connectivity index (χ1v) is 16.0. The highest BCUT2D eigenvalue weighted by Crippen LogP contribution is 2.45. The zero-order valence-corrected chi connectivity index (χ0v) is 28.1. The van der Waals surface area contributed by atoms with Gasteiger partial charge in [-0.3, -0.25) is 19.0 Å². The Bertz CT molecular complexity index is 1740. The summed E-state index contributed by atoms with van der Waals surface area (Å²) in [5.41, 5.74) is 0.444. The number of methoxy groups -OCH3 is 2. The molecule has 250 valence electrons. The number of ketones is 1. The number of aryl methyl sites for hydroxylation is 1. The number of fused-ring (bicyclic) bond motifs is 1. The average Bonchev–Trinajstić information content (AvgIpc) is 3.50.